The topological polar surface area (TPSA) is 65.1 Å². The van der Waals surface area contributed by atoms with Crippen LogP contribution in [-0.4, -0.2) is 57.8 Å². The Morgan fingerprint density at radius 2 is 1.39 bits per heavy atom. The Morgan fingerprint density at radius 1 is 0.870 bits per heavy atom. The van der Waals surface area contributed by atoms with Crippen molar-refractivity contribution in [2.24, 2.45) is 0 Å². The largest absolute Gasteiger partial charge is 0.497 e. The Hall–Kier alpha value is -2.08. The molecule has 1 rings (SSSR count). The minimum atomic E-state index is -0.252. The SMILES string of the molecule is COC(=O)CCN(CCC(=O)OC)CCc1ccc(OC)cc1. The maximum Gasteiger partial charge on any atom is 0.306 e. The molecule has 0 saturated carbocycles. The average molecular weight is 323 g/mol. The Balaban J connectivity index is 2.51. The molecule has 1 aromatic carbocycles. The van der Waals surface area contributed by atoms with Crippen LogP contribution in [0.3, 0.4) is 0 Å². The molecule has 0 bridgehead atoms. The predicted octanol–water partition coefficient (Wildman–Crippen LogP) is 1.67. The first-order valence-corrected chi connectivity index (χ1v) is 7.58. The van der Waals surface area contributed by atoms with Gasteiger partial charge in [0.2, 0.25) is 0 Å². The fourth-order valence-corrected chi connectivity index (χ4v) is 2.12. The number of ether oxygens (including phenoxy) is 3. The standard InChI is InChI=1S/C17H25NO5/c1-21-15-6-4-14(5-7-15)8-11-18(12-9-16(19)22-2)13-10-17(20)23-3/h4-7H,8-13H2,1-3H3. The highest BCUT2D eigenvalue weighted by Crippen LogP contribution is 2.12. The monoisotopic (exact) mass is 323 g/mol. The molecule has 0 spiro atoms. The summed E-state index contributed by atoms with van der Waals surface area (Å²) in [6, 6.07) is 7.86. The van der Waals surface area contributed by atoms with Gasteiger partial charge in [-0.2, -0.15) is 0 Å². The highest BCUT2D eigenvalue weighted by atomic mass is 16.5. The van der Waals surface area contributed by atoms with Crippen molar-refractivity contribution in [2.75, 3.05) is 41.0 Å². The van der Waals surface area contributed by atoms with E-state index < -0.39 is 0 Å². The molecule has 23 heavy (non-hydrogen) atoms. The molecule has 0 unspecified atom stereocenters. The number of hydrogen-bond donors (Lipinski definition) is 0. The zero-order valence-electron chi connectivity index (χ0n) is 14.0. The van der Waals surface area contributed by atoms with E-state index in [0.29, 0.717) is 25.9 Å². The third kappa shape index (κ3) is 7.65. The van der Waals surface area contributed by atoms with Crippen LogP contribution in [0, 0.1) is 0 Å². The number of esters is 2. The van der Waals surface area contributed by atoms with E-state index in [1.165, 1.54) is 19.8 Å². The van der Waals surface area contributed by atoms with Crippen molar-refractivity contribution < 1.29 is 23.8 Å². The zero-order valence-corrected chi connectivity index (χ0v) is 14.0. The summed E-state index contributed by atoms with van der Waals surface area (Å²) in [7, 11) is 4.38. The van der Waals surface area contributed by atoms with Gasteiger partial charge >= 0.3 is 11.9 Å². The number of hydrogen-bond acceptors (Lipinski definition) is 6. The molecule has 0 saturated heterocycles. The van der Waals surface area contributed by atoms with Gasteiger partial charge in [-0.25, -0.2) is 0 Å². The maximum absolute atomic E-state index is 11.3. The molecule has 6 heteroatoms. The molecule has 1 aromatic rings. The van der Waals surface area contributed by atoms with Gasteiger partial charge in [-0.3, -0.25) is 9.59 Å². The smallest absolute Gasteiger partial charge is 0.306 e. The van der Waals surface area contributed by atoms with Crippen molar-refractivity contribution in [1.29, 1.82) is 0 Å². The van der Waals surface area contributed by atoms with Crippen molar-refractivity contribution >= 4 is 11.9 Å². The van der Waals surface area contributed by atoms with Gasteiger partial charge < -0.3 is 19.1 Å². The lowest BCUT2D eigenvalue weighted by molar-refractivity contribution is -0.141. The molecule has 0 N–H and O–H groups in total. The summed E-state index contributed by atoms with van der Waals surface area (Å²) in [5.41, 5.74) is 1.17. The average Bonchev–Trinajstić information content (AvgIpc) is 2.60. The lowest BCUT2D eigenvalue weighted by Gasteiger charge is -2.21. The molecule has 0 aromatic heterocycles. The zero-order chi connectivity index (χ0) is 17.1. The number of rotatable bonds is 10. The predicted molar refractivity (Wildman–Crippen MR) is 86.4 cm³/mol. The van der Waals surface area contributed by atoms with Crippen LogP contribution in [0.5, 0.6) is 5.75 Å². The third-order valence-corrected chi connectivity index (χ3v) is 3.60. The summed E-state index contributed by atoms with van der Waals surface area (Å²) in [5.74, 6) is 0.317. The quantitative estimate of drug-likeness (QED) is 0.610. The van der Waals surface area contributed by atoms with E-state index in [9.17, 15) is 9.59 Å². The molecule has 0 fully saturated rings. The molecule has 0 amide bonds. The van der Waals surface area contributed by atoms with E-state index >= 15 is 0 Å². The van der Waals surface area contributed by atoms with E-state index in [1.807, 2.05) is 24.3 Å². The van der Waals surface area contributed by atoms with E-state index in [-0.39, 0.29) is 11.9 Å². The summed E-state index contributed by atoms with van der Waals surface area (Å²) in [6.45, 7) is 1.86. The van der Waals surface area contributed by atoms with Crippen LogP contribution in [0.25, 0.3) is 0 Å². The van der Waals surface area contributed by atoms with Gasteiger partial charge in [0.05, 0.1) is 34.2 Å². The number of carbonyl (C=O) groups excluding carboxylic acids is 2. The normalized spacial score (nSPS) is 10.4. The summed E-state index contributed by atoms with van der Waals surface area (Å²) >= 11 is 0. The summed E-state index contributed by atoms with van der Waals surface area (Å²) < 4.78 is 14.5. The van der Waals surface area contributed by atoms with Gasteiger partial charge in [0.1, 0.15) is 5.75 Å². The molecule has 0 atom stereocenters. The Labute approximate surface area is 137 Å². The lowest BCUT2D eigenvalue weighted by atomic mass is 10.1. The van der Waals surface area contributed by atoms with Crippen LogP contribution in [0.2, 0.25) is 0 Å². The van der Waals surface area contributed by atoms with Crippen LogP contribution in [-0.2, 0) is 25.5 Å². The third-order valence-electron chi connectivity index (χ3n) is 3.60. The Kier molecular flexibility index (Phi) is 8.75. The van der Waals surface area contributed by atoms with Crippen LogP contribution < -0.4 is 4.74 Å². The summed E-state index contributed by atoms with van der Waals surface area (Å²) in [5, 5.41) is 0. The first-order chi connectivity index (χ1) is 11.1. The Morgan fingerprint density at radius 3 is 1.83 bits per heavy atom. The number of nitrogens with zero attached hydrogens (tertiary/aromatic N) is 1. The number of methoxy groups -OCH3 is 3. The molecular weight excluding hydrogens is 298 g/mol. The van der Waals surface area contributed by atoms with Crippen molar-refractivity contribution in [2.45, 2.75) is 19.3 Å². The second-order valence-electron chi connectivity index (χ2n) is 5.09. The first kappa shape index (κ1) is 19.0. The van der Waals surface area contributed by atoms with Crippen molar-refractivity contribution in [3.63, 3.8) is 0 Å². The Bertz CT molecular complexity index is 466. The van der Waals surface area contributed by atoms with Crippen LogP contribution in [0.15, 0.2) is 24.3 Å². The maximum atomic E-state index is 11.3. The second kappa shape index (κ2) is 10.6. The minimum absolute atomic E-state index is 0.252. The molecule has 0 aliphatic heterocycles. The van der Waals surface area contributed by atoms with E-state index in [1.54, 1.807) is 7.11 Å². The molecule has 0 aliphatic rings. The van der Waals surface area contributed by atoms with E-state index in [2.05, 4.69) is 14.4 Å². The summed E-state index contributed by atoms with van der Waals surface area (Å²) in [4.78, 5) is 24.7. The van der Waals surface area contributed by atoms with Crippen molar-refractivity contribution in [1.82, 2.24) is 4.90 Å². The lowest BCUT2D eigenvalue weighted by Crippen LogP contribution is -2.31. The minimum Gasteiger partial charge on any atom is -0.497 e. The first-order valence-electron chi connectivity index (χ1n) is 7.58. The van der Waals surface area contributed by atoms with Crippen LogP contribution in [0.4, 0.5) is 0 Å². The van der Waals surface area contributed by atoms with Gasteiger partial charge in [-0.15, -0.1) is 0 Å². The van der Waals surface area contributed by atoms with Crippen molar-refractivity contribution in [3.05, 3.63) is 29.8 Å². The van der Waals surface area contributed by atoms with Gasteiger partial charge in [-0.1, -0.05) is 12.1 Å². The second-order valence-corrected chi connectivity index (χ2v) is 5.09. The summed E-state index contributed by atoms with van der Waals surface area (Å²) in [6.07, 6.45) is 1.44. The highest BCUT2D eigenvalue weighted by molar-refractivity contribution is 5.70. The van der Waals surface area contributed by atoms with E-state index in [0.717, 1.165) is 18.7 Å². The number of carbonyl (C=O) groups is 2. The van der Waals surface area contributed by atoms with Gasteiger partial charge in [0.25, 0.3) is 0 Å². The van der Waals surface area contributed by atoms with E-state index in [4.69, 9.17) is 4.74 Å². The van der Waals surface area contributed by atoms with Gasteiger partial charge in [-0.05, 0) is 24.1 Å². The van der Waals surface area contributed by atoms with Gasteiger partial charge in [0, 0.05) is 19.6 Å². The molecule has 0 aliphatic carbocycles. The molecule has 0 heterocycles. The fourth-order valence-electron chi connectivity index (χ4n) is 2.12. The van der Waals surface area contributed by atoms with Crippen LogP contribution >= 0.6 is 0 Å². The fraction of sp³-hybridized carbons (Fsp3) is 0.529. The highest BCUT2D eigenvalue weighted by Gasteiger charge is 2.11. The molecule has 128 valence electrons. The van der Waals surface area contributed by atoms with Crippen LogP contribution in [0.1, 0.15) is 18.4 Å². The van der Waals surface area contributed by atoms with Crippen molar-refractivity contribution in [3.8, 4) is 5.75 Å². The molecule has 0 radical (unpaired) electrons. The molecule has 6 nitrogen and oxygen atoms in total. The molecular formula is C17H25NO5. The van der Waals surface area contributed by atoms with Gasteiger partial charge in [0.15, 0.2) is 0 Å². The number of benzene rings is 1.